The summed E-state index contributed by atoms with van der Waals surface area (Å²) in [6, 6.07) is 18.9. The minimum Gasteiger partial charge on any atom is -0.355 e. The highest BCUT2D eigenvalue weighted by Gasteiger charge is 2.38. The van der Waals surface area contributed by atoms with Gasteiger partial charge >= 0.3 is 0 Å². The summed E-state index contributed by atoms with van der Waals surface area (Å²) in [6.45, 7) is 3.26. The minimum absolute atomic E-state index is 0.138. The zero-order valence-corrected chi connectivity index (χ0v) is 20.8. The Balaban J connectivity index is 1.15. The number of pyridine rings is 1. The second kappa shape index (κ2) is 8.90. The molecule has 0 radical (unpaired) electrons. The number of nitrogens with zero attached hydrogens (tertiary/aromatic N) is 3. The number of halogens is 1. The average molecular weight is 510 g/mol. The van der Waals surface area contributed by atoms with Gasteiger partial charge in [0.1, 0.15) is 5.82 Å². The first-order valence-electron chi connectivity index (χ1n) is 12.4. The molecule has 0 saturated carbocycles. The van der Waals surface area contributed by atoms with Crippen molar-refractivity contribution in [2.45, 2.75) is 0 Å². The fourth-order valence-electron chi connectivity index (χ4n) is 5.59. The highest BCUT2D eigenvalue weighted by atomic mass is 32.1. The van der Waals surface area contributed by atoms with Crippen molar-refractivity contribution in [2.75, 3.05) is 31.5 Å². The lowest BCUT2D eigenvalue weighted by Crippen LogP contribution is -2.32. The highest BCUT2D eigenvalue weighted by Crippen LogP contribution is 2.32. The number of anilines is 2. The van der Waals surface area contributed by atoms with E-state index in [1.807, 2.05) is 48.0 Å². The Hall–Kier alpha value is -3.88. The summed E-state index contributed by atoms with van der Waals surface area (Å²) < 4.78 is 16.3. The fraction of sp³-hybridized carbons (Fsp3) is 0.207. The van der Waals surface area contributed by atoms with Gasteiger partial charge in [0.25, 0.3) is 5.91 Å². The fourth-order valence-corrected chi connectivity index (χ4v) is 6.25. The van der Waals surface area contributed by atoms with Crippen LogP contribution in [-0.2, 0) is 0 Å². The summed E-state index contributed by atoms with van der Waals surface area (Å²) in [5.74, 6) is 0.251. The molecule has 2 N–H and O–H groups in total. The van der Waals surface area contributed by atoms with E-state index in [1.54, 1.807) is 28.5 Å². The minimum atomic E-state index is -0.487. The maximum absolute atomic E-state index is 15.1. The number of thiazole rings is 1. The molecule has 0 bridgehead atoms. The number of benzene rings is 3. The highest BCUT2D eigenvalue weighted by molar-refractivity contribution is 7.16. The molecule has 37 heavy (non-hydrogen) atoms. The van der Waals surface area contributed by atoms with Gasteiger partial charge in [0.05, 0.1) is 26.8 Å². The molecule has 5 aromatic rings. The van der Waals surface area contributed by atoms with Crippen molar-refractivity contribution in [2.24, 2.45) is 11.8 Å². The molecular weight excluding hydrogens is 485 g/mol. The Morgan fingerprint density at radius 2 is 1.76 bits per heavy atom. The Morgan fingerprint density at radius 3 is 2.59 bits per heavy atom. The molecule has 0 aliphatic carbocycles. The lowest BCUT2D eigenvalue weighted by Gasteiger charge is -2.18. The summed E-state index contributed by atoms with van der Waals surface area (Å²) in [5, 5.41) is 7.81. The first kappa shape index (κ1) is 22.3. The van der Waals surface area contributed by atoms with Crippen LogP contribution in [0.25, 0.3) is 32.2 Å². The van der Waals surface area contributed by atoms with Crippen molar-refractivity contribution >= 4 is 49.7 Å². The number of nitrogens with one attached hydrogen (secondary N) is 2. The lowest BCUT2D eigenvalue weighted by molar-refractivity contribution is 0.0777. The van der Waals surface area contributed by atoms with Crippen LogP contribution in [0.3, 0.4) is 0 Å². The molecule has 184 valence electrons. The number of carbonyl (C=O) groups excluding carboxylic acids is 1. The Morgan fingerprint density at radius 1 is 0.946 bits per heavy atom. The number of fused-ring (bicyclic) bond motifs is 3. The van der Waals surface area contributed by atoms with E-state index >= 15 is 4.39 Å². The van der Waals surface area contributed by atoms with Crippen LogP contribution in [0.5, 0.6) is 0 Å². The van der Waals surface area contributed by atoms with E-state index in [1.165, 1.54) is 6.07 Å². The second-order valence-corrected chi connectivity index (χ2v) is 10.7. The molecule has 3 aromatic carbocycles. The molecular formula is C29H24FN5OS. The zero-order chi connectivity index (χ0) is 24.9. The molecule has 2 aliphatic rings. The van der Waals surface area contributed by atoms with Crippen LogP contribution in [0.1, 0.15) is 10.4 Å². The average Bonchev–Trinajstić information content (AvgIpc) is 3.65. The monoisotopic (exact) mass is 509 g/mol. The largest absolute Gasteiger partial charge is 0.355 e. The molecule has 2 atom stereocenters. The summed E-state index contributed by atoms with van der Waals surface area (Å²) >= 11 is 1.62. The summed E-state index contributed by atoms with van der Waals surface area (Å²) in [7, 11) is 0. The standard InChI is InChI=1S/C29H24FN5OS/c30-24-9-17(1-4-22(24)29(36)35-14-19-12-31-13-20(19)15-35)18-2-5-23-25(7-8-32-26(23)10-18)34-21-3-6-28-27(11-21)33-16-37-28/h1-11,16,19-20,31H,12-15H2,(H,32,34). The first-order valence-corrected chi connectivity index (χ1v) is 13.3. The van der Waals surface area contributed by atoms with Gasteiger partial charge in [-0.2, -0.15) is 0 Å². The maximum atomic E-state index is 15.1. The van der Waals surface area contributed by atoms with Crippen molar-refractivity contribution in [1.82, 2.24) is 20.2 Å². The van der Waals surface area contributed by atoms with Crippen molar-refractivity contribution in [3.8, 4) is 11.1 Å². The van der Waals surface area contributed by atoms with Crippen molar-refractivity contribution in [1.29, 1.82) is 0 Å². The molecule has 2 aromatic heterocycles. The molecule has 2 aliphatic heterocycles. The normalized spacial score (nSPS) is 19.0. The van der Waals surface area contributed by atoms with E-state index in [2.05, 4.69) is 26.7 Å². The summed E-state index contributed by atoms with van der Waals surface area (Å²) in [4.78, 5) is 23.8. The maximum Gasteiger partial charge on any atom is 0.256 e. The molecule has 2 unspecified atom stereocenters. The van der Waals surface area contributed by atoms with Gasteiger partial charge in [-0.1, -0.05) is 18.2 Å². The number of carbonyl (C=O) groups is 1. The lowest BCUT2D eigenvalue weighted by atomic mass is 10.0. The van der Waals surface area contributed by atoms with E-state index in [0.29, 0.717) is 30.5 Å². The number of aromatic nitrogens is 2. The molecule has 7 rings (SSSR count). The van der Waals surface area contributed by atoms with Crippen molar-refractivity contribution in [3.63, 3.8) is 0 Å². The second-order valence-electron chi connectivity index (χ2n) is 9.83. The number of hydrogen-bond donors (Lipinski definition) is 2. The van der Waals surface area contributed by atoms with Gasteiger partial charge < -0.3 is 15.5 Å². The van der Waals surface area contributed by atoms with Crippen LogP contribution in [0.15, 0.2) is 72.4 Å². The van der Waals surface area contributed by atoms with Crippen LogP contribution in [0.4, 0.5) is 15.8 Å². The van der Waals surface area contributed by atoms with E-state index in [4.69, 9.17) is 0 Å². The third kappa shape index (κ3) is 4.02. The van der Waals surface area contributed by atoms with Gasteiger partial charge in [0.2, 0.25) is 0 Å². The van der Waals surface area contributed by atoms with Gasteiger partial charge in [-0.3, -0.25) is 9.78 Å². The molecule has 2 fully saturated rings. The molecule has 8 heteroatoms. The number of rotatable bonds is 4. The Kier molecular flexibility index (Phi) is 5.37. The van der Waals surface area contributed by atoms with Crippen LogP contribution in [0, 0.1) is 17.7 Å². The topological polar surface area (TPSA) is 70.2 Å². The number of hydrogen-bond acceptors (Lipinski definition) is 6. The predicted molar refractivity (Wildman–Crippen MR) is 146 cm³/mol. The van der Waals surface area contributed by atoms with Crippen LogP contribution >= 0.6 is 11.3 Å². The molecule has 2 saturated heterocycles. The summed E-state index contributed by atoms with van der Waals surface area (Å²) in [6.07, 6.45) is 1.76. The van der Waals surface area contributed by atoms with Gasteiger partial charge in [-0.05, 0) is 65.4 Å². The van der Waals surface area contributed by atoms with E-state index in [-0.39, 0.29) is 11.5 Å². The quantitative estimate of drug-likeness (QED) is 0.326. The zero-order valence-electron chi connectivity index (χ0n) is 19.9. The van der Waals surface area contributed by atoms with Gasteiger partial charge in [-0.15, -0.1) is 11.3 Å². The van der Waals surface area contributed by atoms with Crippen molar-refractivity contribution in [3.05, 3.63) is 83.8 Å². The van der Waals surface area contributed by atoms with Crippen LogP contribution in [0.2, 0.25) is 0 Å². The number of amides is 1. The third-order valence-electron chi connectivity index (χ3n) is 7.56. The first-order chi connectivity index (χ1) is 18.1. The Labute approximate surface area is 217 Å². The van der Waals surface area contributed by atoms with E-state index in [9.17, 15) is 4.79 Å². The predicted octanol–water partition coefficient (Wildman–Crippen LogP) is 5.69. The van der Waals surface area contributed by atoms with E-state index in [0.717, 1.165) is 51.1 Å². The third-order valence-corrected chi connectivity index (χ3v) is 8.37. The molecule has 4 heterocycles. The van der Waals surface area contributed by atoms with Crippen LogP contribution in [-0.4, -0.2) is 47.0 Å². The molecule has 1 amide bonds. The summed E-state index contributed by atoms with van der Waals surface area (Å²) in [5.41, 5.74) is 7.20. The molecule has 0 spiro atoms. The smallest absolute Gasteiger partial charge is 0.256 e. The van der Waals surface area contributed by atoms with Gasteiger partial charge in [0.15, 0.2) is 0 Å². The SMILES string of the molecule is O=C(c1ccc(-c2ccc3c(Nc4ccc5scnc5c4)ccnc3c2)cc1F)N1CC2CNCC2C1. The van der Waals surface area contributed by atoms with Gasteiger partial charge in [0, 0.05) is 49.1 Å². The molecule has 6 nitrogen and oxygen atoms in total. The van der Waals surface area contributed by atoms with Crippen LogP contribution < -0.4 is 10.6 Å². The van der Waals surface area contributed by atoms with E-state index < -0.39 is 5.82 Å². The number of likely N-dealkylation sites (tertiary alicyclic amines) is 1. The van der Waals surface area contributed by atoms with Crippen molar-refractivity contribution < 1.29 is 9.18 Å². The van der Waals surface area contributed by atoms with Gasteiger partial charge in [-0.25, -0.2) is 9.37 Å². The Bertz CT molecular complexity index is 1660.